The molecule has 1 atom stereocenters. The van der Waals surface area contributed by atoms with Gasteiger partial charge in [-0.2, -0.15) is 0 Å². The monoisotopic (exact) mass is 449 g/mol. The maximum Gasteiger partial charge on any atom is 0.307 e. The lowest BCUT2D eigenvalue weighted by Gasteiger charge is -2.15. The summed E-state index contributed by atoms with van der Waals surface area (Å²) in [4.78, 5) is 19.7. The summed E-state index contributed by atoms with van der Waals surface area (Å²) in [6, 6.07) is 6.23. The molecule has 0 radical (unpaired) electrons. The Kier molecular flexibility index (Phi) is 6.11. The second kappa shape index (κ2) is 8.63. The van der Waals surface area contributed by atoms with E-state index in [1.54, 1.807) is 11.8 Å². The van der Waals surface area contributed by atoms with Crippen molar-refractivity contribution in [2.45, 2.75) is 49.9 Å². The number of thioether (sulfide) groups is 1. The summed E-state index contributed by atoms with van der Waals surface area (Å²) in [6.45, 7) is 0. The molecule has 30 heavy (non-hydrogen) atoms. The fourth-order valence-electron chi connectivity index (χ4n) is 4.15. The predicted octanol–water partition coefficient (Wildman–Crippen LogP) is 3.49. The number of methoxy groups -OCH3 is 1. The van der Waals surface area contributed by atoms with Crippen LogP contribution in [0.2, 0.25) is 0 Å². The van der Waals surface area contributed by atoms with E-state index in [1.165, 1.54) is 26.2 Å². The van der Waals surface area contributed by atoms with Crippen molar-refractivity contribution in [1.82, 2.24) is 4.98 Å². The molecule has 2 aromatic rings. The number of aromatic amines is 1. The number of hydrogen-bond acceptors (Lipinski definition) is 7. The highest BCUT2D eigenvalue weighted by Gasteiger charge is 2.24. The maximum atomic E-state index is 11.9. The van der Waals surface area contributed by atoms with Gasteiger partial charge >= 0.3 is 5.97 Å². The van der Waals surface area contributed by atoms with Crippen LogP contribution >= 0.6 is 11.8 Å². The molecule has 0 saturated heterocycles. The van der Waals surface area contributed by atoms with E-state index >= 15 is 0 Å². The zero-order valence-corrected chi connectivity index (χ0v) is 18.9. The Bertz CT molecular complexity index is 1090. The van der Waals surface area contributed by atoms with Gasteiger partial charge in [-0.25, -0.2) is 8.42 Å². The Hall–Kier alpha value is -2.00. The molecule has 0 amide bonds. The fraction of sp³-hybridized carbons (Fsp3) is 0.524. The van der Waals surface area contributed by atoms with E-state index in [2.05, 4.69) is 15.3 Å². The first-order valence-electron chi connectivity index (χ1n) is 10.2. The molecule has 1 saturated carbocycles. The summed E-state index contributed by atoms with van der Waals surface area (Å²) >= 11 is 1.62. The lowest BCUT2D eigenvalue weighted by molar-refractivity contribution is -0.140. The molecular formula is C21H27N3O4S2. The van der Waals surface area contributed by atoms with E-state index in [0.29, 0.717) is 6.04 Å². The Balaban J connectivity index is 1.67. The topological polar surface area (TPSA) is 101 Å². The van der Waals surface area contributed by atoms with E-state index in [9.17, 15) is 13.2 Å². The van der Waals surface area contributed by atoms with Crippen molar-refractivity contribution in [2.75, 3.05) is 24.4 Å². The Morgan fingerprint density at radius 3 is 2.77 bits per heavy atom. The van der Waals surface area contributed by atoms with Gasteiger partial charge in [-0.1, -0.05) is 12.8 Å². The zero-order chi connectivity index (χ0) is 21.3. The number of esters is 1. The maximum absolute atomic E-state index is 11.9. The van der Waals surface area contributed by atoms with Crippen molar-refractivity contribution in [3.63, 3.8) is 0 Å². The third-order valence-corrected chi connectivity index (χ3v) is 7.51. The molecule has 1 unspecified atom stereocenters. The number of anilines is 1. The highest BCUT2D eigenvalue weighted by atomic mass is 32.2. The number of hydrogen-bond donors (Lipinski definition) is 2. The quantitative estimate of drug-likeness (QED) is 0.628. The highest BCUT2D eigenvalue weighted by molar-refractivity contribution is 8.14. The van der Waals surface area contributed by atoms with Crippen LogP contribution in [0.4, 0.5) is 5.69 Å². The number of sulfone groups is 1. The number of nitrogens with zero attached hydrogens (tertiary/aromatic N) is 1. The van der Waals surface area contributed by atoms with Crippen LogP contribution in [0.25, 0.3) is 10.9 Å². The number of H-pyrrole nitrogens is 1. The van der Waals surface area contributed by atoms with Gasteiger partial charge in [0.05, 0.1) is 42.2 Å². The summed E-state index contributed by atoms with van der Waals surface area (Å²) in [5.74, 6) is 0.502. The summed E-state index contributed by atoms with van der Waals surface area (Å²) in [5, 5.41) is 5.46. The van der Waals surface area contributed by atoms with E-state index in [1.807, 2.05) is 18.2 Å². The minimum atomic E-state index is -3.13. The lowest BCUT2D eigenvalue weighted by atomic mass is 10.1. The molecule has 1 aromatic heterocycles. The highest BCUT2D eigenvalue weighted by Crippen LogP contribution is 2.33. The first-order valence-corrected chi connectivity index (χ1v) is 13.2. The number of aromatic nitrogens is 1. The standard InChI is InChI=1S/C21H27N3O4S2/c1-28-19(25)10-16-11-29-21(23-16)18-9-14-7-13(12-30(2,26)27)8-17(20(14)24-18)22-15-5-3-4-6-15/h7-9,15-16,22,24H,3-6,10-12H2,1-2H3. The zero-order valence-electron chi connectivity index (χ0n) is 17.2. The molecule has 0 spiro atoms. The van der Waals surface area contributed by atoms with Crippen molar-refractivity contribution in [3.05, 3.63) is 29.5 Å². The molecule has 4 rings (SSSR count). The minimum absolute atomic E-state index is 0.0136. The third kappa shape index (κ3) is 5.00. The van der Waals surface area contributed by atoms with Crippen LogP contribution < -0.4 is 5.32 Å². The van der Waals surface area contributed by atoms with Crippen LogP contribution in [-0.4, -0.2) is 55.6 Å². The van der Waals surface area contributed by atoms with Crippen LogP contribution in [-0.2, 0) is 25.1 Å². The molecule has 1 fully saturated rings. The summed E-state index contributed by atoms with van der Waals surface area (Å²) in [6.07, 6.45) is 6.23. The van der Waals surface area contributed by atoms with Crippen molar-refractivity contribution < 1.29 is 17.9 Å². The average molecular weight is 450 g/mol. The van der Waals surface area contributed by atoms with Gasteiger partial charge in [0.15, 0.2) is 9.84 Å². The summed E-state index contributed by atoms with van der Waals surface area (Å²) in [7, 11) is -1.74. The van der Waals surface area contributed by atoms with Crippen LogP contribution in [0.3, 0.4) is 0 Å². The molecule has 1 aliphatic carbocycles. The van der Waals surface area contributed by atoms with E-state index in [-0.39, 0.29) is 24.2 Å². The van der Waals surface area contributed by atoms with Crippen LogP contribution in [0.5, 0.6) is 0 Å². The molecule has 2 heterocycles. The molecule has 0 bridgehead atoms. The largest absolute Gasteiger partial charge is 0.469 e. The molecule has 1 aliphatic heterocycles. The molecule has 2 aliphatic rings. The molecular weight excluding hydrogens is 422 g/mol. The number of nitrogens with one attached hydrogen (secondary N) is 2. The molecule has 9 heteroatoms. The predicted molar refractivity (Wildman–Crippen MR) is 122 cm³/mol. The lowest BCUT2D eigenvalue weighted by Crippen LogP contribution is -2.15. The molecule has 7 nitrogen and oxygen atoms in total. The summed E-state index contributed by atoms with van der Waals surface area (Å²) in [5.41, 5.74) is 3.59. The Morgan fingerprint density at radius 1 is 1.30 bits per heavy atom. The van der Waals surface area contributed by atoms with Gasteiger partial charge in [0.2, 0.25) is 0 Å². The first-order chi connectivity index (χ1) is 14.3. The molecule has 1 aromatic carbocycles. The van der Waals surface area contributed by atoms with Gasteiger partial charge in [0.25, 0.3) is 0 Å². The minimum Gasteiger partial charge on any atom is -0.469 e. The van der Waals surface area contributed by atoms with Gasteiger partial charge < -0.3 is 15.0 Å². The van der Waals surface area contributed by atoms with Crippen molar-refractivity contribution in [3.8, 4) is 0 Å². The van der Waals surface area contributed by atoms with Gasteiger partial charge in [0.1, 0.15) is 5.04 Å². The van der Waals surface area contributed by atoms with Crippen LogP contribution in [0.1, 0.15) is 43.4 Å². The second-order valence-electron chi connectivity index (χ2n) is 8.17. The van der Waals surface area contributed by atoms with Crippen LogP contribution in [0.15, 0.2) is 23.2 Å². The normalized spacial score (nSPS) is 19.9. The average Bonchev–Trinajstić information content (AvgIpc) is 3.40. The van der Waals surface area contributed by atoms with Crippen molar-refractivity contribution in [2.24, 2.45) is 4.99 Å². The van der Waals surface area contributed by atoms with E-state index in [4.69, 9.17) is 4.74 Å². The number of rotatable bonds is 7. The number of benzene rings is 1. The second-order valence-corrected chi connectivity index (χ2v) is 11.3. The summed E-state index contributed by atoms with van der Waals surface area (Å²) < 4.78 is 28.5. The first kappa shape index (κ1) is 21.2. The van der Waals surface area contributed by atoms with Gasteiger partial charge in [-0.3, -0.25) is 9.79 Å². The third-order valence-electron chi connectivity index (χ3n) is 5.50. The fourth-order valence-corrected chi connectivity index (χ4v) is 5.96. The molecule has 2 N–H and O–H groups in total. The van der Waals surface area contributed by atoms with Crippen LogP contribution in [0, 0.1) is 0 Å². The van der Waals surface area contributed by atoms with Crippen molar-refractivity contribution >= 4 is 49.2 Å². The molecule has 162 valence electrons. The van der Waals surface area contributed by atoms with Gasteiger partial charge in [0, 0.05) is 23.4 Å². The SMILES string of the molecule is COC(=O)CC1CSC(c2cc3cc(CS(C)(=O)=O)cc(NC4CCCC4)c3[nH]2)=N1. The van der Waals surface area contributed by atoms with E-state index in [0.717, 1.165) is 51.5 Å². The number of ether oxygens (including phenoxy) is 1. The smallest absolute Gasteiger partial charge is 0.307 e. The Morgan fingerprint density at radius 2 is 2.07 bits per heavy atom. The number of fused-ring (bicyclic) bond motifs is 1. The Labute approximate surface area is 181 Å². The number of carbonyl (C=O) groups excluding carboxylic acids is 1. The van der Waals surface area contributed by atoms with Gasteiger partial charge in [-0.15, -0.1) is 11.8 Å². The van der Waals surface area contributed by atoms with Crippen molar-refractivity contribution in [1.29, 1.82) is 0 Å². The number of carbonyl (C=O) groups is 1. The number of aliphatic imine (C=N–C) groups is 1. The van der Waals surface area contributed by atoms with Gasteiger partial charge in [-0.05, 0) is 36.6 Å². The van der Waals surface area contributed by atoms with E-state index < -0.39 is 9.84 Å².